The van der Waals surface area contributed by atoms with E-state index in [2.05, 4.69) is 10.2 Å². The molecule has 5 nitrogen and oxygen atoms in total. The average Bonchev–Trinajstić information content (AvgIpc) is 2.84. The lowest BCUT2D eigenvalue weighted by molar-refractivity contribution is 0.133. The van der Waals surface area contributed by atoms with E-state index in [0.29, 0.717) is 24.9 Å². The van der Waals surface area contributed by atoms with E-state index in [1.807, 2.05) is 29.5 Å². The lowest BCUT2D eigenvalue weighted by Gasteiger charge is -2.15. The van der Waals surface area contributed by atoms with Crippen LogP contribution < -0.4 is 0 Å². The smallest absolute Gasteiger partial charge is 0.257 e. The van der Waals surface area contributed by atoms with E-state index in [9.17, 15) is 5.11 Å². The topological polar surface area (TPSA) is 62.4 Å². The van der Waals surface area contributed by atoms with Gasteiger partial charge in [-0.3, -0.25) is 4.90 Å². The molecule has 0 saturated carbocycles. The van der Waals surface area contributed by atoms with Crippen molar-refractivity contribution in [2.45, 2.75) is 19.6 Å². The van der Waals surface area contributed by atoms with Crippen LogP contribution in [0.5, 0.6) is 0 Å². The summed E-state index contributed by atoms with van der Waals surface area (Å²) < 4.78 is 5.55. The molecule has 2 aromatic rings. The minimum Gasteiger partial charge on any atom is -0.419 e. The maximum absolute atomic E-state index is 9.25. The molecule has 0 saturated heterocycles. The molecule has 0 aromatic carbocycles. The van der Waals surface area contributed by atoms with Gasteiger partial charge >= 0.3 is 0 Å². The van der Waals surface area contributed by atoms with Gasteiger partial charge in [-0.25, -0.2) is 0 Å². The molecule has 2 heterocycles. The first-order valence-corrected chi connectivity index (χ1v) is 6.26. The summed E-state index contributed by atoms with van der Waals surface area (Å²) in [4.78, 5) is 2.91. The van der Waals surface area contributed by atoms with E-state index < -0.39 is 0 Å². The minimum absolute atomic E-state index is 0.361. The van der Waals surface area contributed by atoms with Gasteiger partial charge < -0.3 is 9.52 Å². The van der Waals surface area contributed by atoms with Crippen LogP contribution in [0.25, 0.3) is 10.8 Å². The summed E-state index contributed by atoms with van der Waals surface area (Å²) in [5.74, 6) is 1.12. The highest BCUT2D eigenvalue weighted by atomic mass is 32.1. The van der Waals surface area contributed by atoms with E-state index in [1.54, 1.807) is 18.3 Å². The quantitative estimate of drug-likeness (QED) is 0.877. The fraction of sp³-hybridized carbons (Fsp3) is 0.455. The largest absolute Gasteiger partial charge is 0.419 e. The number of aromatic nitrogens is 2. The fourth-order valence-corrected chi connectivity index (χ4v) is 2.21. The van der Waals surface area contributed by atoms with Gasteiger partial charge in [-0.1, -0.05) is 6.07 Å². The molecule has 0 aliphatic heterocycles. The second-order valence-electron chi connectivity index (χ2n) is 4.02. The number of nitrogens with zero attached hydrogens (tertiary/aromatic N) is 3. The monoisotopic (exact) mass is 253 g/mol. The summed E-state index contributed by atoms with van der Waals surface area (Å²) in [5, 5.41) is 19.2. The second kappa shape index (κ2) is 5.39. The first-order valence-electron chi connectivity index (χ1n) is 5.38. The Morgan fingerprint density at radius 1 is 1.53 bits per heavy atom. The van der Waals surface area contributed by atoms with Crippen molar-refractivity contribution in [3.05, 3.63) is 23.4 Å². The fourth-order valence-electron chi connectivity index (χ4n) is 1.56. The third-order valence-electron chi connectivity index (χ3n) is 2.18. The molecular formula is C11H15N3O2S. The molecule has 0 aliphatic carbocycles. The average molecular weight is 253 g/mol. The molecule has 0 spiro atoms. The summed E-state index contributed by atoms with van der Waals surface area (Å²) in [6.45, 7) is 2.88. The van der Waals surface area contributed by atoms with Crippen molar-refractivity contribution in [2.24, 2.45) is 0 Å². The Hall–Kier alpha value is -1.24. The first kappa shape index (κ1) is 12.2. The number of aliphatic hydroxyl groups is 1. The van der Waals surface area contributed by atoms with Gasteiger partial charge in [-0.05, 0) is 25.4 Å². The number of hydrogen-bond acceptors (Lipinski definition) is 6. The molecule has 2 aromatic heterocycles. The van der Waals surface area contributed by atoms with E-state index in [0.717, 1.165) is 4.88 Å². The van der Waals surface area contributed by atoms with Crippen LogP contribution in [0.15, 0.2) is 21.9 Å². The van der Waals surface area contributed by atoms with Gasteiger partial charge in [0.05, 0.1) is 17.5 Å². The Bertz CT molecular complexity index is 453. The van der Waals surface area contributed by atoms with E-state index in [4.69, 9.17) is 4.42 Å². The zero-order valence-corrected chi connectivity index (χ0v) is 10.6. The van der Waals surface area contributed by atoms with Crippen LogP contribution in [0.4, 0.5) is 0 Å². The summed E-state index contributed by atoms with van der Waals surface area (Å²) >= 11 is 1.57. The third-order valence-corrected chi connectivity index (χ3v) is 3.04. The van der Waals surface area contributed by atoms with Gasteiger partial charge in [0.25, 0.3) is 5.89 Å². The molecule has 6 heteroatoms. The van der Waals surface area contributed by atoms with Gasteiger partial charge in [0, 0.05) is 6.54 Å². The Morgan fingerprint density at radius 2 is 2.35 bits per heavy atom. The third kappa shape index (κ3) is 3.36. The standard InChI is InChI=1S/C11H15N3O2S/c1-8(15)6-14(2)7-10-12-13-11(16-10)9-4-3-5-17-9/h3-5,8,15H,6-7H2,1-2H3. The van der Waals surface area contributed by atoms with Crippen LogP contribution in [-0.4, -0.2) is 39.9 Å². The van der Waals surface area contributed by atoms with Crippen LogP contribution in [0.3, 0.4) is 0 Å². The van der Waals surface area contributed by atoms with Crippen molar-refractivity contribution >= 4 is 11.3 Å². The van der Waals surface area contributed by atoms with E-state index in [1.165, 1.54) is 0 Å². The van der Waals surface area contributed by atoms with Crippen molar-refractivity contribution in [3.63, 3.8) is 0 Å². The molecule has 1 N–H and O–H groups in total. The van der Waals surface area contributed by atoms with Gasteiger partial charge in [0.2, 0.25) is 5.89 Å². The van der Waals surface area contributed by atoms with Crippen molar-refractivity contribution in [1.29, 1.82) is 0 Å². The van der Waals surface area contributed by atoms with Crippen LogP contribution in [0.1, 0.15) is 12.8 Å². The minimum atomic E-state index is -0.361. The molecular weight excluding hydrogens is 238 g/mol. The molecule has 2 rings (SSSR count). The molecule has 1 unspecified atom stereocenters. The SMILES string of the molecule is CC(O)CN(C)Cc1nnc(-c2cccs2)o1. The molecule has 0 fully saturated rings. The molecule has 92 valence electrons. The summed E-state index contributed by atoms with van der Waals surface area (Å²) in [6, 6.07) is 3.89. The molecule has 0 aliphatic rings. The van der Waals surface area contributed by atoms with Crippen LogP contribution >= 0.6 is 11.3 Å². The van der Waals surface area contributed by atoms with Crippen LogP contribution in [0, 0.1) is 0 Å². The number of hydrogen-bond donors (Lipinski definition) is 1. The zero-order valence-electron chi connectivity index (χ0n) is 9.83. The molecule has 1 atom stereocenters. The van der Waals surface area contributed by atoms with Crippen LogP contribution in [0.2, 0.25) is 0 Å². The highest BCUT2D eigenvalue weighted by Gasteiger charge is 2.11. The predicted octanol–water partition coefficient (Wildman–Crippen LogP) is 1.61. The lowest BCUT2D eigenvalue weighted by atomic mass is 10.4. The van der Waals surface area contributed by atoms with Crippen molar-refractivity contribution < 1.29 is 9.52 Å². The highest BCUT2D eigenvalue weighted by Crippen LogP contribution is 2.23. The molecule has 0 amide bonds. The van der Waals surface area contributed by atoms with Gasteiger partial charge in [0.15, 0.2) is 0 Å². The van der Waals surface area contributed by atoms with Crippen molar-refractivity contribution in [2.75, 3.05) is 13.6 Å². The maximum atomic E-state index is 9.25. The van der Waals surface area contributed by atoms with E-state index in [-0.39, 0.29) is 6.10 Å². The lowest BCUT2D eigenvalue weighted by Crippen LogP contribution is -2.26. The number of aliphatic hydroxyl groups excluding tert-OH is 1. The maximum Gasteiger partial charge on any atom is 0.257 e. The van der Waals surface area contributed by atoms with Gasteiger partial charge in [0.1, 0.15) is 0 Å². The Morgan fingerprint density at radius 3 is 3.00 bits per heavy atom. The second-order valence-corrected chi connectivity index (χ2v) is 4.97. The molecule has 0 radical (unpaired) electrons. The van der Waals surface area contributed by atoms with Crippen molar-refractivity contribution in [1.82, 2.24) is 15.1 Å². The number of rotatable bonds is 5. The molecule has 17 heavy (non-hydrogen) atoms. The van der Waals surface area contributed by atoms with Crippen LogP contribution in [-0.2, 0) is 6.54 Å². The Balaban J connectivity index is 1.99. The summed E-state index contributed by atoms with van der Waals surface area (Å²) in [5.41, 5.74) is 0. The zero-order chi connectivity index (χ0) is 12.3. The number of thiophene rings is 1. The van der Waals surface area contributed by atoms with Gasteiger partial charge in [-0.2, -0.15) is 0 Å². The number of likely N-dealkylation sites (N-methyl/N-ethyl adjacent to an activating group) is 1. The highest BCUT2D eigenvalue weighted by molar-refractivity contribution is 7.13. The predicted molar refractivity (Wildman–Crippen MR) is 65.6 cm³/mol. The summed E-state index contributed by atoms with van der Waals surface area (Å²) in [7, 11) is 1.90. The Kier molecular flexibility index (Phi) is 3.88. The summed E-state index contributed by atoms with van der Waals surface area (Å²) in [6.07, 6.45) is -0.361. The van der Waals surface area contributed by atoms with E-state index >= 15 is 0 Å². The Labute approximate surface area is 104 Å². The first-order chi connectivity index (χ1) is 8.15. The molecule has 0 bridgehead atoms. The van der Waals surface area contributed by atoms with Crippen molar-refractivity contribution in [3.8, 4) is 10.8 Å². The normalized spacial score (nSPS) is 13.2. The van der Waals surface area contributed by atoms with Gasteiger partial charge in [-0.15, -0.1) is 21.5 Å².